The number of rotatable bonds is 4. The van der Waals surface area contributed by atoms with Gasteiger partial charge in [0, 0.05) is 0 Å². The van der Waals surface area contributed by atoms with Gasteiger partial charge in [-0.3, -0.25) is 4.79 Å². The summed E-state index contributed by atoms with van der Waals surface area (Å²) in [7, 11) is 0. The predicted molar refractivity (Wildman–Crippen MR) is 75.3 cm³/mol. The highest BCUT2D eigenvalue weighted by molar-refractivity contribution is 9.10. The van der Waals surface area contributed by atoms with Crippen molar-refractivity contribution in [3.8, 4) is 0 Å². The summed E-state index contributed by atoms with van der Waals surface area (Å²) >= 11 is 3.30. The monoisotopic (exact) mass is 311 g/mol. The fraction of sp³-hybridized carbons (Fsp3) is 0.429. The van der Waals surface area contributed by atoms with Crippen LogP contribution in [-0.2, 0) is 9.53 Å². The van der Waals surface area contributed by atoms with E-state index >= 15 is 0 Å². The van der Waals surface area contributed by atoms with Gasteiger partial charge in [0.1, 0.15) is 16.1 Å². The highest BCUT2D eigenvalue weighted by atomic mass is 79.9. The van der Waals surface area contributed by atoms with E-state index in [1.807, 2.05) is 39.0 Å². The number of pyridine rings is 1. The molecule has 0 N–H and O–H groups in total. The van der Waals surface area contributed by atoms with Crippen molar-refractivity contribution in [1.29, 1.82) is 0 Å². The van der Waals surface area contributed by atoms with Gasteiger partial charge in [0.05, 0.1) is 5.69 Å². The number of aromatic nitrogens is 1. The molecule has 4 heteroatoms. The SMILES string of the molecule is C=CCC(C(=O)OC(C)(C)C)c1cccc(Br)n1. The van der Waals surface area contributed by atoms with E-state index in [-0.39, 0.29) is 5.97 Å². The van der Waals surface area contributed by atoms with Crippen LogP contribution in [0, 0.1) is 0 Å². The summed E-state index contributed by atoms with van der Waals surface area (Å²) in [6.45, 7) is 9.23. The van der Waals surface area contributed by atoms with Crippen molar-refractivity contribution in [3.05, 3.63) is 41.2 Å². The van der Waals surface area contributed by atoms with E-state index in [1.54, 1.807) is 6.08 Å². The van der Waals surface area contributed by atoms with Crippen molar-refractivity contribution in [3.63, 3.8) is 0 Å². The first kappa shape index (κ1) is 14.9. The molecule has 1 heterocycles. The van der Waals surface area contributed by atoms with Crippen LogP contribution in [0.25, 0.3) is 0 Å². The van der Waals surface area contributed by atoms with Crippen molar-refractivity contribution in [2.45, 2.75) is 38.7 Å². The molecule has 1 aromatic heterocycles. The van der Waals surface area contributed by atoms with Gasteiger partial charge in [0.25, 0.3) is 0 Å². The lowest BCUT2D eigenvalue weighted by molar-refractivity contribution is -0.156. The molecule has 0 saturated carbocycles. The predicted octanol–water partition coefficient (Wildman–Crippen LogP) is 3.85. The zero-order valence-electron chi connectivity index (χ0n) is 10.9. The number of carbonyl (C=O) groups excluding carboxylic acids is 1. The van der Waals surface area contributed by atoms with E-state index in [2.05, 4.69) is 27.5 Å². The van der Waals surface area contributed by atoms with Crippen molar-refractivity contribution in [1.82, 2.24) is 4.98 Å². The van der Waals surface area contributed by atoms with Crippen LogP contribution in [0.15, 0.2) is 35.5 Å². The lowest BCUT2D eigenvalue weighted by atomic mass is 10.0. The highest BCUT2D eigenvalue weighted by Gasteiger charge is 2.26. The van der Waals surface area contributed by atoms with Crippen LogP contribution < -0.4 is 0 Å². The summed E-state index contributed by atoms with van der Waals surface area (Å²) in [5.41, 5.74) is 0.196. The molecule has 0 aromatic carbocycles. The molecule has 0 spiro atoms. The topological polar surface area (TPSA) is 39.2 Å². The van der Waals surface area contributed by atoms with Crippen molar-refractivity contribution in [2.24, 2.45) is 0 Å². The second-order valence-electron chi connectivity index (χ2n) is 5.00. The molecule has 0 saturated heterocycles. The van der Waals surface area contributed by atoms with Gasteiger partial charge in [-0.1, -0.05) is 12.1 Å². The van der Waals surface area contributed by atoms with Crippen LogP contribution in [0.5, 0.6) is 0 Å². The first-order valence-corrected chi connectivity index (χ1v) is 6.59. The van der Waals surface area contributed by atoms with Gasteiger partial charge in [0.15, 0.2) is 0 Å². The number of carbonyl (C=O) groups is 1. The average Bonchev–Trinajstić information content (AvgIpc) is 2.23. The van der Waals surface area contributed by atoms with Crippen LogP contribution in [0.2, 0.25) is 0 Å². The average molecular weight is 312 g/mol. The van der Waals surface area contributed by atoms with Gasteiger partial charge < -0.3 is 4.74 Å². The molecule has 98 valence electrons. The van der Waals surface area contributed by atoms with Crippen LogP contribution in [-0.4, -0.2) is 16.6 Å². The molecule has 0 aliphatic rings. The van der Waals surface area contributed by atoms with E-state index in [4.69, 9.17) is 4.74 Å². The second kappa shape index (κ2) is 6.14. The van der Waals surface area contributed by atoms with E-state index in [0.717, 1.165) is 0 Å². The lowest BCUT2D eigenvalue weighted by Gasteiger charge is -2.23. The maximum atomic E-state index is 12.1. The summed E-state index contributed by atoms with van der Waals surface area (Å²) in [5, 5.41) is 0. The Morgan fingerprint density at radius 1 is 1.56 bits per heavy atom. The molecule has 18 heavy (non-hydrogen) atoms. The molecule has 0 radical (unpaired) electrons. The zero-order valence-corrected chi connectivity index (χ0v) is 12.5. The highest BCUT2D eigenvalue weighted by Crippen LogP contribution is 2.24. The summed E-state index contributed by atoms with van der Waals surface area (Å²) < 4.78 is 6.11. The smallest absolute Gasteiger partial charge is 0.315 e. The number of allylic oxidation sites excluding steroid dienone is 1. The Kier molecular flexibility index (Phi) is 5.08. The Labute approximate surface area is 116 Å². The van der Waals surface area contributed by atoms with Crippen LogP contribution in [0.3, 0.4) is 0 Å². The first-order valence-electron chi connectivity index (χ1n) is 5.79. The molecular weight excluding hydrogens is 294 g/mol. The van der Waals surface area contributed by atoms with Crippen molar-refractivity contribution in [2.75, 3.05) is 0 Å². The van der Waals surface area contributed by atoms with Crippen LogP contribution in [0.1, 0.15) is 38.8 Å². The molecule has 0 fully saturated rings. The van der Waals surface area contributed by atoms with E-state index in [9.17, 15) is 4.79 Å². The normalized spacial score (nSPS) is 12.9. The number of nitrogens with zero attached hydrogens (tertiary/aromatic N) is 1. The quantitative estimate of drug-likeness (QED) is 0.482. The molecule has 1 unspecified atom stereocenters. The number of esters is 1. The molecular formula is C14H18BrNO2. The van der Waals surface area contributed by atoms with Gasteiger partial charge in [0.2, 0.25) is 0 Å². The van der Waals surface area contributed by atoms with Gasteiger partial charge >= 0.3 is 5.97 Å². The number of hydrogen-bond donors (Lipinski definition) is 0. The van der Waals surface area contributed by atoms with Gasteiger partial charge in [-0.25, -0.2) is 4.98 Å². The van der Waals surface area contributed by atoms with Crippen LogP contribution >= 0.6 is 15.9 Å². The Hall–Kier alpha value is -1.16. The summed E-state index contributed by atoms with van der Waals surface area (Å²) in [6, 6.07) is 5.50. The molecule has 1 aromatic rings. The largest absolute Gasteiger partial charge is 0.459 e. The van der Waals surface area contributed by atoms with Gasteiger partial charge in [-0.05, 0) is 55.3 Å². The Bertz CT molecular complexity index is 438. The number of halogens is 1. The van der Waals surface area contributed by atoms with E-state index in [1.165, 1.54) is 0 Å². The zero-order chi connectivity index (χ0) is 13.8. The third kappa shape index (κ3) is 4.61. The fourth-order valence-electron chi connectivity index (χ4n) is 1.50. The molecule has 1 atom stereocenters. The molecule has 0 bridgehead atoms. The van der Waals surface area contributed by atoms with Gasteiger partial charge in [-0.2, -0.15) is 0 Å². The summed E-state index contributed by atoms with van der Waals surface area (Å²) in [5.74, 6) is -0.674. The third-order valence-electron chi connectivity index (χ3n) is 2.19. The minimum Gasteiger partial charge on any atom is -0.459 e. The molecule has 3 nitrogen and oxygen atoms in total. The summed E-state index contributed by atoms with van der Waals surface area (Å²) in [6.07, 6.45) is 2.22. The number of hydrogen-bond acceptors (Lipinski definition) is 3. The fourth-order valence-corrected chi connectivity index (χ4v) is 1.85. The molecule has 0 aliphatic heterocycles. The number of ether oxygens (including phenoxy) is 1. The van der Waals surface area contributed by atoms with E-state index < -0.39 is 11.5 Å². The molecule has 0 aliphatic carbocycles. The minimum absolute atomic E-state index is 0.270. The second-order valence-corrected chi connectivity index (χ2v) is 5.81. The maximum absolute atomic E-state index is 12.1. The lowest BCUT2D eigenvalue weighted by Crippen LogP contribution is -2.28. The molecule has 0 amide bonds. The first-order chi connectivity index (χ1) is 8.33. The Morgan fingerprint density at radius 3 is 2.72 bits per heavy atom. The Balaban J connectivity index is 2.95. The van der Waals surface area contributed by atoms with Crippen molar-refractivity contribution < 1.29 is 9.53 Å². The van der Waals surface area contributed by atoms with Crippen LogP contribution in [0.4, 0.5) is 0 Å². The standard InChI is InChI=1S/C14H18BrNO2/c1-5-7-10(13(17)18-14(2,3)4)11-8-6-9-12(15)16-11/h5-6,8-10H,1,7H2,2-4H3. The van der Waals surface area contributed by atoms with Crippen molar-refractivity contribution >= 4 is 21.9 Å². The molecule has 1 rings (SSSR count). The summed E-state index contributed by atoms with van der Waals surface area (Å²) in [4.78, 5) is 16.4. The minimum atomic E-state index is -0.498. The van der Waals surface area contributed by atoms with Gasteiger partial charge in [-0.15, -0.1) is 6.58 Å². The third-order valence-corrected chi connectivity index (χ3v) is 2.63. The Morgan fingerprint density at radius 2 is 2.22 bits per heavy atom. The maximum Gasteiger partial charge on any atom is 0.315 e. The van der Waals surface area contributed by atoms with E-state index in [0.29, 0.717) is 16.7 Å².